The Morgan fingerprint density at radius 2 is 2.00 bits per heavy atom. The second-order valence-electron chi connectivity index (χ2n) is 5.51. The van der Waals surface area contributed by atoms with Crippen LogP contribution in [0.15, 0.2) is 42.5 Å². The Bertz CT molecular complexity index is 497. The standard InChI is InChI=1S/C16H19NO2/c1-11(12-5-3-2-4-6-12)17-14-9-7-13(8-10-14)15(17)16(18)19/h2-7,9,11,13-15H,8,10H2,1H3,(H,18,19)/t11-,13?,14?,15+/m1/s1. The number of carboxylic acid groups (broad SMARTS) is 1. The first-order chi connectivity index (χ1) is 9.18. The van der Waals surface area contributed by atoms with Crippen LogP contribution in [-0.4, -0.2) is 28.1 Å². The molecule has 0 saturated carbocycles. The van der Waals surface area contributed by atoms with Crippen LogP contribution in [0.25, 0.3) is 0 Å². The Hall–Kier alpha value is -1.61. The molecule has 3 aliphatic rings. The summed E-state index contributed by atoms with van der Waals surface area (Å²) in [4.78, 5) is 13.8. The first-order valence-electron chi connectivity index (χ1n) is 6.92. The second-order valence-corrected chi connectivity index (χ2v) is 5.51. The van der Waals surface area contributed by atoms with Gasteiger partial charge in [-0.3, -0.25) is 9.69 Å². The molecule has 0 aromatic heterocycles. The van der Waals surface area contributed by atoms with E-state index in [0.717, 1.165) is 12.8 Å². The summed E-state index contributed by atoms with van der Waals surface area (Å²) in [6.45, 7) is 2.11. The molecule has 1 aromatic carbocycles. The zero-order valence-electron chi connectivity index (χ0n) is 11.1. The van der Waals surface area contributed by atoms with Crippen molar-refractivity contribution in [2.45, 2.75) is 37.9 Å². The maximum absolute atomic E-state index is 11.6. The summed E-state index contributed by atoms with van der Waals surface area (Å²) in [6, 6.07) is 10.2. The number of carbonyl (C=O) groups is 1. The lowest BCUT2D eigenvalue weighted by molar-refractivity contribution is -0.149. The van der Waals surface area contributed by atoms with Crippen LogP contribution in [0, 0.1) is 5.92 Å². The maximum Gasteiger partial charge on any atom is 0.321 e. The van der Waals surface area contributed by atoms with Gasteiger partial charge in [0, 0.05) is 18.0 Å². The molecule has 100 valence electrons. The Morgan fingerprint density at radius 1 is 1.26 bits per heavy atom. The molecule has 2 aliphatic heterocycles. The molecule has 3 heteroatoms. The smallest absolute Gasteiger partial charge is 0.321 e. The van der Waals surface area contributed by atoms with Crippen LogP contribution in [0.1, 0.15) is 31.4 Å². The van der Waals surface area contributed by atoms with E-state index < -0.39 is 5.97 Å². The lowest BCUT2D eigenvalue weighted by atomic mass is 9.78. The largest absolute Gasteiger partial charge is 0.480 e. The van der Waals surface area contributed by atoms with Crippen molar-refractivity contribution >= 4 is 5.97 Å². The van der Waals surface area contributed by atoms with Crippen molar-refractivity contribution in [3.8, 4) is 0 Å². The fourth-order valence-corrected chi connectivity index (χ4v) is 3.51. The normalized spacial score (nSPS) is 31.3. The SMILES string of the molecule is C[C@H](c1ccccc1)N1C2C=CC(CC2)[C@H]1C(=O)O. The molecule has 0 radical (unpaired) electrons. The third-order valence-electron chi connectivity index (χ3n) is 4.47. The first kappa shape index (κ1) is 12.4. The number of rotatable bonds is 3. The molecule has 2 heterocycles. The zero-order valence-corrected chi connectivity index (χ0v) is 11.1. The van der Waals surface area contributed by atoms with Gasteiger partial charge >= 0.3 is 5.97 Å². The molecule has 1 fully saturated rings. The van der Waals surface area contributed by atoms with E-state index in [1.807, 2.05) is 18.2 Å². The summed E-state index contributed by atoms with van der Waals surface area (Å²) < 4.78 is 0. The Morgan fingerprint density at radius 3 is 2.58 bits per heavy atom. The van der Waals surface area contributed by atoms with E-state index >= 15 is 0 Å². The van der Waals surface area contributed by atoms with Crippen LogP contribution >= 0.6 is 0 Å². The molecule has 0 spiro atoms. The lowest BCUT2D eigenvalue weighted by Gasteiger charge is -2.49. The Kier molecular flexibility index (Phi) is 3.15. The third kappa shape index (κ3) is 2.08. The van der Waals surface area contributed by atoms with Crippen molar-refractivity contribution in [1.82, 2.24) is 4.90 Å². The van der Waals surface area contributed by atoms with Gasteiger partial charge < -0.3 is 5.11 Å². The summed E-state index contributed by atoms with van der Waals surface area (Å²) in [7, 11) is 0. The van der Waals surface area contributed by atoms with Crippen molar-refractivity contribution in [3.63, 3.8) is 0 Å². The number of carboxylic acids is 1. The fourth-order valence-electron chi connectivity index (χ4n) is 3.51. The predicted octanol–water partition coefficient (Wildman–Crippen LogP) is 2.85. The average molecular weight is 257 g/mol. The molecule has 4 atom stereocenters. The highest BCUT2D eigenvalue weighted by atomic mass is 16.4. The van der Waals surface area contributed by atoms with Gasteiger partial charge in [0.2, 0.25) is 0 Å². The van der Waals surface area contributed by atoms with E-state index in [4.69, 9.17) is 0 Å². The average Bonchev–Trinajstić information content (AvgIpc) is 2.47. The minimum absolute atomic E-state index is 0.139. The first-order valence-corrected chi connectivity index (χ1v) is 6.92. The highest BCUT2D eigenvalue weighted by Crippen LogP contribution is 2.40. The summed E-state index contributed by atoms with van der Waals surface area (Å²) in [5.74, 6) is -0.532. The molecule has 1 aromatic rings. The predicted molar refractivity (Wildman–Crippen MR) is 73.8 cm³/mol. The van der Waals surface area contributed by atoms with E-state index in [0.29, 0.717) is 0 Å². The summed E-state index contributed by atoms with van der Waals surface area (Å²) in [5.41, 5.74) is 1.19. The summed E-state index contributed by atoms with van der Waals surface area (Å²) in [5, 5.41) is 9.55. The zero-order chi connectivity index (χ0) is 13.4. The van der Waals surface area contributed by atoms with E-state index in [9.17, 15) is 9.90 Å². The second kappa shape index (κ2) is 4.82. The Labute approximate surface area is 113 Å². The van der Waals surface area contributed by atoms with Gasteiger partial charge in [0.25, 0.3) is 0 Å². The molecule has 1 aliphatic carbocycles. The molecular weight excluding hydrogens is 238 g/mol. The van der Waals surface area contributed by atoms with Crippen molar-refractivity contribution < 1.29 is 9.90 Å². The number of nitrogens with zero attached hydrogens (tertiary/aromatic N) is 1. The number of aliphatic carboxylic acids is 1. The number of fused-ring (bicyclic) bond motifs is 2. The number of hydrogen-bond acceptors (Lipinski definition) is 2. The number of hydrogen-bond donors (Lipinski definition) is 1. The van der Waals surface area contributed by atoms with Crippen LogP contribution in [0.3, 0.4) is 0 Å². The van der Waals surface area contributed by atoms with Gasteiger partial charge in [0.15, 0.2) is 0 Å². The molecule has 1 saturated heterocycles. The van der Waals surface area contributed by atoms with Crippen molar-refractivity contribution in [1.29, 1.82) is 0 Å². The monoisotopic (exact) mass is 257 g/mol. The van der Waals surface area contributed by atoms with Crippen LogP contribution < -0.4 is 0 Å². The van der Waals surface area contributed by atoms with Crippen LogP contribution in [0.4, 0.5) is 0 Å². The van der Waals surface area contributed by atoms with E-state index in [1.165, 1.54) is 5.56 Å². The van der Waals surface area contributed by atoms with Crippen LogP contribution in [0.2, 0.25) is 0 Å². The van der Waals surface area contributed by atoms with Gasteiger partial charge in [0.1, 0.15) is 6.04 Å². The summed E-state index contributed by atoms with van der Waals surface area (Å²) in [6.07, 6.45) is 6.35. The van der Waals surface area contributed by atoms with Gasteiger partial charge in [-0.25, -0.2) is 0 Å². The minimum Gasteiger partial charge on any atom is -0.480 e. The van der Waals surface area contributed by atoms with E-state index in [-0.39, 0.29) is 24.0 Å². The van der Waals surface area contributed by atoms with Crippen LogP contribution in [-0.2, 0) is 4.79 Å². The van der Waals surface area contributed by atoms with Crippen molar-refractivity contribution in [2.75, 3.05) is 0 Å². The molecule has 0 amide bonds. The molecule has 19 heavy (non-hydrogen) atoms. The van der Waals surface area contributed by atoms with Crippen molar-refractivity contribution in [2.24, 2.45) is 5.92 Å². The van der Waals surface area contributed by atoms with Crippen molar-refractivity contribution in [3.05, 3.63) is 48.0 Å². The number of benzene rings is 1. The van der Waals surface area contributed by atoms with Gasteiger partial charge in [-0.1, -0.05) is 42.5 Å². The lowest BCUT2D eigenvalue weighted by Crippen LogP contribution is -2.56. The maximum atomic E-state index is 11.6. The highest BCUT2D eigenvalue weighted by molar-refractivity contribution is 5.75. The molecule has 2 unspecified atom stereocenters. The van der Waals surface area contributed by atoms with E-state index in [2.05, 4.69) is 36.1 Å². The molecular formula is C16H19NO2. The number of piperidine rings is 1. The van der Waals surface area contributed by atoms with Gasteiger partial charge in [-0.2, -0.15) is 0 Å². The molecule has 4 rings (SSSR count). The third-order valence-corrected chi connectivity index (χ3v) is 4.47. The highest BCUT2D eigenvalue weighted by Gasteiger charge is 2.44. The quantitative estimate of drug-likeness (QED) is 0.846. The van der Waals surface area contributed by atoms with Gasteiger partial charge in [-0.15, -0.1) is 0 Å². The molecule has 3 nitrogen and oxygen atoms in total. The van der Waals surface area contributed by atoms with Crippen LogP contribution in [0.5, 0.6) is 0 Å². The van der Waals surface area contributed by atoms with Gasteiger partial charge in [0.05, 0.1) is 0 Å². The fraction of sp³-hybridized carbons (Fsp3) is 0.438. The topological polar surface area (TPSA) is 40.5 Å². The Balaban J connectivity index is 1.94. The molecule has 1 N–H and O–H groups in total. The molecule has 2 bridgehead atoms. The summed E-state index contributed by atoms with van der Waals surface area (Å²) >= 11 is 0. The van der Waals surface area contributed by atoms with Gasteiger partial charge in [-0.05, 0) is 25.3 Å². The van der Waals surface area contributed by atoms with E-state index in [1.54, 1.807) is 0 Å². The minimum atomic E-state index is -0.693.